The van der Waals surface area contributed by atoms with Crippen molar-refractivity contribution < 1.29 is 16.8 Å². The molecular formula is C10H20Co-6. The summed E-state index contributed by atoms with van der Waals surface area (Å²) in [5.74, 6) is 0. The minimum Gasteiger partial charge on any atom is -0.358 e. The maximum atomic E-state index is 2.00. The van der Waals surface area contributed by atoms with Gasteiger partial charge in [-0.2, -0.15) is 18.2 Å². The van der Waals surface area contributed by atoms with Crippen molar-refractivity contribution in [2.24, 2.45) is 0 Å². The molecule has 0 aliphatic carbocycles. The fourth-order valence-corrected chi connectivity index (χ4v) is 0.321. The van der Waals surface area contributed by atoms with E-state index < -0.39 is 0 Å². The van der Waals surface area contributed by atoms with Gasteiger partial charge in [-0.15, -0.1) is 0 Å². The van der Waals surface area contributed by atoms with E-state index in [0.29, 0.717) is 0 Å². The van der Waals surface area contributed by atoms with Gasteiger partial charge in [-0.3, -0.25) is 0 Å². The SMILES string of the molecule is [CH3-].[CH3-].[CH3-].[CH3-].[CH3-].[Co].c1cc[cH-]c1. The predicted octanol–water partition coefficient (Wildman–Crippen LogP) is 3.65. The summed E-state index contributed by atoms with van der Waals surface area (Å²) in [6.45, 7) is 0. The van der Waals surface area contributed by atoms with Gasteiger partial charge in [-0.1, -0.05) is 0 Å². The Kier molecular flexibility index (Phi) is 133. The summed E-state index contributed by atoms with van der Waals surface area (Å²) in [5, 5.41) is 0. The zero-order valence-electron chi connectivity index (χ0n) is 8.22. The Morgan fingerprint density at radius 1 is 0.636 bits per heavy atom. The van der Waals surface area contributed by atoms with Gasteiger partial charge in [-0.25, -0.2) is 12.1 Å². The van der Waals surface area contributed by atoms with Crippen molar-refractivity contribution >= 4 is 0 Å². The number of hydrogen-bond donors (Lipinski definition) is 0. The zero-order chi connectivity index (χ0) is 3.54. The van der Waals surface area contributed by atoms with Crippen molar-refractivity contribution in [2.45, 2.75) is 0 Å². The normalized spacial score (nSPS) is 3.64. The fourth-order valence-electron chi connectivity index (χ4n) is 0.321. The van der Waals surface area contributed by atoms with Crippen LogP contribution in [-0.4, -0.2) is 0 Å². The minimum absolute atomic E-state index is 0. The Morgan fingerprint density at radius 3 is 1.00 bits per heavy atom. The summed E-state index contributed by atoms with van der Waals surface area (Å²) in [7, 11) is 0. The Hall–Kier alpha value is -0.144. The summed E-state index contributed by atoms with van der Waals surface area (Å²) < 4.78 is 0. The molecule has 0 saturated carbocycles. The van der Waals surface area contributed by atoms with Crippen LogP contribution in [0.4, 0.5) is 0 Å². The molecule has 0 nitrogen and oxygen atoms in total. The first kappa shape index (κ1) is 44.7. The van der Waals surface area contributed by atoms with Gasteiger partial charge >= 0.3 is 0 Å². The van der Waals surface area contributed by atoms with Crippen molar-refractivity contribution in [3.63, 3.8) is 0 Å². The fraction of sp³-hybridized carbons (Fsp3) is 0. The topological polar surface area (TPSA) is 0 Å². The molecule has 1 heteroatoms. The van der Waals surface area contributed by atoms with E-state index in [1.807, 2.05) is 30.3 Å². The molecular weight excluding hydrogens is 179 g/mol. The molecule has 0 spiro atoms. The molecule has 0 fully saturated rings. The first-order valence-corrected chi connectivity index (χ1v) is 1.67. The van der Waals surface area contributed by atoms with Gasteiger partial charge in [0.05, 0.1) is 0 Å². The zero-order valence-corrected chi connectivity index (χ0v) is 9.26. The van der Waals surface area contributed by atoms with Crippen molar-refractivity contribution in [1.82, 2.24) is 0 Å². The summed E-state index contributed by atoms with van der Waals surface area (Å²) in [4.78, 5) is 0. The molecule has 0 bridgehead atoms. The smallest absolute Gasteiger partial charge is 0 e. The molecule has 0 amide bonds. The molecule has 0 saturated heterocycles. The summed E-state index contributed by atoms with van der Waals surface area (Å²) >= 11 is 0. The van der Waals surface area contributed by atoms with Crippen LogP contribution in [0.25, 0.3) is 0 Å². The van der Waals surface area contributed by atoms with Crippen LogP contribution in [0.3, 0.4) is 0 Å². The third-order valence-corrected chi connectivity index (χ3v) is 0.556. The second-order valence-corrected chi connectivity index (χ2v) is 0.962. The molecule has 0 atom stereocenters. The molecule has 1 aromatic carbocycles. The van der Waals surface area contributed by atoms with Gasteiger partial charge in [0, 0.05) is 16.8 Å². The molecule has 0 N–H and O–H groups in total. The van der Waals surface area contributed by atoms with Gasteiger partial charge in [0.25, 0.3) is 0 Å². The molecule has 0 aliphatic rings. The van der Waals surface area contributed by atoms with Crippen molar-refractivity contribution in [2.75, 3.05) is 0 Å². The first-order chi connectivity index (χ1) is 2.50. The van der Waals surface area contributed by atoms with Crippen LogP contribution in [0, 0.1) is 37.1 Å². The van der Waals surface area contributed by atoms with E-state index in [0.717, 1.165) is 0 Å². The Balaban J connectivity index is -0.0000000104. The van der Waals surface area contributed by atoms with Gasteiger partial charge < -0.3 is 37.1 Å². The van der Waals surface area contributed by atoms with Crippen molar-refractivity contribution in [3.05, 3.63) is 67.5 Å². The van der Waals surface area contributed by atoms with E-state index in [-0.39, 0.29) is 53.9 Å². The van der Waals surface area contributed by atoms with E-state index in [4.69, 9.17) is 0 Å². The van der Waals surface area contributed by atoms with Crippen LogP contribution in [0.2, 0.25) is 0 Å². The molecule has 0 heterocycles. The second-order valence-electron chi connectivity index (χ2n) is 0.962. The third-order valence-electron chi connectivity index (χ3n) is 0.556. The molecule has 0 aromatic heterocycles. The average molecular weight is 199 g/mol. The third kappa shape index (κ3) is 25.8. The molecule has 75 valence electrons. The Morgan fingerprint density at radius 2 is 0.909 bits per heavy atom. The maximum Gasteiger partial charge on any atom is 0 e. The van der Waals surface area contributed by atoms with Crippen molar-refractivity contribution in [1.29, 1.82) is 0 Å². The summed E-state index contributed by atoms with van der Waals surface area (Å²) in [6.07, 6.45) is 0. The average Bonchev–Trinajstić information content (AvgIpc) is 1.76. The van der Waals surface area contributed by atoms with Crippen LogP contribution in [0.5, 0.6) is 0 Å². The first-order valence-electron chi connectivity index (χ1n) is 1.67. The Bertz CT molecular complexity index is 61.3. The number of rotatable bonds is 0. The molecule has 0 unspecified atom stereocenters. The van der Waals surface area contributed by atoms with Gasteiger partial charge in [0.2, 0.25) is 0 Å². The van der Waals surface area contributed by atoms with Crippen LogP contribution >= 0.6 is 0 Å². The van der Waals surface area contributed by atoms with Crippen LogP contribution in [-0.2, 0) is 16.8 Å². The standard InChI is InChI=1S/C5H5.5CH3.Co/c1-2-4-5-3-1;;;;;;/h1-5H;5*1H3;/q6*-1;. The van der Waals surface area contributed by atoms with Gasteiger partial charge in [0.15, 0.2) is 0 Å². The predicted molar refractivity (Wildman–Crippen MR) is 54.1 cm³/mol. The maximum absolute atomic E-state index is 2.00. The molecule has 1 aromatic rings. The summed E-state index contributed by atoms with van der Waals surface area (Å²) in [6, 6.07) is 10.0. The van der Waals surface area contributed by atoms with E-state index >= 15 is 0 Å². The molecule has 1 radical (unpaired) electrons. The van der Waals surface area contributed by atoms with Gasteiger partial charge in [0.1, 0.15) is 0 Å². The molecule has 11 heavy (non-hydrogen) atoms. The number of hydrogen-bond acceptors (Lipinski definition) is 0. The monoisotopic (exact) mass is 199 g/mol. The van der Waals surface area contributed by atoms with Crippen LogP contribution < -0.4 is 0 Å². The van der Waals surface area contributed by atoms with Crippen molar-refractivity contribution in [3.8, 4) is 0 Å². The van der Waals surface area contributed by atoms with E-state index in [1.165, 1.54) is 0 Å². The van der Waals surface area contributed by atoms with E-state index in [2.05, 4.69) is 0 Å². The van der Waals surface area contributed by atoms with Crippen LogP contribution in [0.15, 0.2) is 30.3 Å². The Labute approximate surface area is 84.6 Å². The van der Waals surface area contributed by atoms with E-state index in [1.54, 1.807) is 0 Å². The summed E-state index contributed by atoms with van der Waals surface area (Å²) in [5.41, 5.74) is 0. The van der Waals surface area contributed by atoms with E-state index in [9.17, 15) is 0 Å². The molecule has 1 rings (SSSR count). The second kappa shape index (κ2) is 32.8. The minimum atomic E-state index is 0. The van der Waals surface area contributed by atoms with Gasteiger partial charge in [-0.05, 0) is 0 Å². The quantitative estimate of drug-likeness (QED) is 0.559. The largest absolute Gasteiger partial charge is 0.358 e. The van der Waals surface area contributed by atoms with Crippen LogP contribution in [0.1, 0.15) is 0 Å². The molecule has 0 aliphatic heterocycles.